The number of benzene rings is 2. The molecule has 0 amide bonds. The molecule has 3 heterocycles. The van der Waals surface area contributed by atoms with E-state index in [4.69, 9.17) is 16.7 Å². The zero-order chi connectivity index (χ0) is 23.9. The Bertz CT molecular complexity index is 1580. The van der Waals surface area contributed by atoms with E-state index in [9.17, 15) is 4.79 Å². The molecule has 3 aromatic heterocycles. The van der Waals surface area contributed by atoms with E-state index in [1.54, 1.807) is 0 Å². The van der Waals surface area contributed by atoms with Gasteiger partial charge < -0.3 is 9.51 Å². The minimum Gasteiger partial charge on any atom is -0.338 e. The Morgan fingerprint density at radius 3 is 2.53 bits per heavy atom. The number of para-hydroxylation sites is 1. The summed E-state index contributed by atoms with van der Waals surface area (Å²) in [6, 6.07) is 17.8. The second-order valence-electron chi connectivity index (χ2n) is 8.69. The summed E-state index contributed by atoms with van der Waals surface area (Å²) in [6.07, 6.45) is 0. The fourth-order valence-electron chi connectivity index (χ4n) is 3.45. The Labute approximate surface area is 208 Å². The van der Waals surface area contributed by atoms with Gasteiger partial charge in [-0.05, 0) is 35.3 Å². The van der Waals surface area contributed by atoms with Gasteiger partial charge in [0.1, 0.15) is 4.70 Å². The Kier molecular flexibility index (Phi) is 5.97. The molecular weight excluding hydrogens is 486 g/mol. The predicted molar refractivity (Wildman–Crippen MR) is 138 cm³/mol. The lowest BCUT2D eigenvalue weighted by Gasteiger charge is -2.18. The van der Waals surface area contributed by atoms with E-state index in [1.165, 1.54) is 28.7 Å². The molecule has 10 heteroatoms. The van der Waals surface area contributed by atoms with Crippen LogP contribution in [0.25, 0.3) is 27.4 Å². The van der Waals surface area contributed by atoms with Crippen LogP contribution in [0.4, 0.5) is 0 Å². The van der Waals surface area contributed by atoms with E-state index >= 15 is 0 Å². The van der Waals surface area contributed by atoms with Crippen molar-refractivity contribution in [3.8, 4) is 17.1 Å². The van der Waals surface area contributed by atoms with Gasteiger partial charge in [0.15, 0.2) is 14.8 Å². The van der Waals surface area contributed by atoms with Crippen LogP contribution in [-0.2, 0) is 11.2 Å². The number of aromatic nitrogens is 5. The second kappa shape index (κ2) is 8.94. The van der Waals surface area contributed by atoms with Crippen molar-refractivity contribution in [2.24, 2.45) is 0 Å². The van der Waals surface area contributed by atoms with Gasteiger partial charge in [-0.2, -0.15) is 4.98 Å². The van der Waals surface area contributed by atoms with Gasteiger partial charge in [0.2, 0.25) is 11.7 Å². The third kappa shape index (κ3) is 4.48. The first kappa shape index (κ1) is 22.7. The Morgan fingerprint density at radius 1 is 1.09 bits per heavy atom. The predicted octanol–water partition coefficient (Wildman–Crippen LogP) is 6.14. The first-order chi connectivity index (χ1) is 16.3. The maximum atomic E-state index is 12.7. The molecule has 0 saturated carbocycles. The highest BCUT2D eigenvalue weighted by atomic mass is 32.2. The number of hydrogen-bond acceptors (Lipinski definition) is 8. The van der Waals surface area contributed by atoms with Crippen molar-refractivity contribution >= 4 is 45.7 Å². The highest BCUT2D eigenvalue weighted by molar-refractivity contribution is 7.98. The molecule has 5 rings (SSSR count). The smallest absolute Gasteiger partial charge is 0.271 e. The number of thiazole rings is 1. The van der Waals surface area contributed by atoms with E-state index in [2.05, 4.69) is 53.0 Å². The summed E-state index contributed by atoms with van der Waals surface area (Å²) in [5.41, 5.74) is 3.40. The number of nitrogens with zero attached hydrogens (tertiary/aromatic N) is 4. The van der Waals surface area contributed by atoms with E-state index in [0.717, 1.165) is 11.3 Å². The van der Waals surface area contributed by atoms with Crippen molar-refractivity contribution in [3.05, 3.63) is 80.4 Å². The van der Waals surface area contributed by atoms with E-state index < -0.39 is 0 Å². The maximum Gasteiger partial charge on any atom is 0.271 e. The third-order valence-corrected chi connectivity index (χ3v) is 7.46. The van der Waals surface area contributed by atoms with Crippen molar-refractivity contribution in [1.82, 2.24) is 24.7 Å². The summed E-state index contributed by atoms with van der Waals surface area (Å²) in [7, 11) is 0. The lowest BCUT2D eigenvalue weighted by atomic mass is 9.87. The van der Waals surface area contributed by atoms with Crippen molar-refractivity contribution in [3.63, 3.8) is 0 Å². The molecule has 0 unspecified atom stereocenters. The average Bonchev–Trinajstić information content (AvgIpc) is 3.42. The molecule has 0 fully saturated rings. The highest BCUT2D eigenvalue weighted by Crippen LogP contribution is 2.27. The van der Waals surface area contributed by atoms with Crippen molar-refractivity contribution in [1.29, 1.82) is 0 Å². The van der Waals surface area contributed by atoms with Crippen LogP contribution in [0, 0.1) is 3.95 Å². The third-order valence-electron chi connectivity index (χ3n) is 5.24. The zero-order valence-electron chi connectivity index (χ0n) is 18.7. The van der Waals surface area contributed by atoms with Crippen molar-refractivity contribution in [2.45, 2.75) is 37.1 Å². The van der Waals surface area contributed by atoms with Crippen LogP contribution in [0.3, 0.4) is 0 Å². The summed E-state index contributed by atoms with van der Waals surface area (Å²) in [5.74, 6) is 1.36. The molecule has 0 atom stereocenters. The van der Waals surface area contributed by atoms with Crippen LogP contribution in [0.1, 0.15) is 32.2 Å². The fraction of sp³-hybridized carbons (Fsp3) is 0.208. The van der Waals surface area contributed by atoms with Gasteiger partial charge in [-0.1, -0.05) is 91.5 Å². The molecular formula is C24H21N5O2S3. The quantitative estimate of drug-likeness (QED) is 0.173. The number of nitrogens with one attached hydrogen (secondary N) is 1. The Balaban J connectivity index is 1.38. The molecule has 0 aliphatic rings. The first-order valence-corrected chi connectivity index (χ1v) is 12.8. The summed E-state index contributed by atoms with van der Waals surface area (Å²) in [4.78, 5) is 24.7. The fourth-order valence-corrected chi connectivity index (χ4v) is 5.41. The minimum absolute atomic E-state index is 0.0791. The molecule has 0 saturated heterocycles. The summed E-state index contributed by atoms with van der Waals surface area (Å²) < 4.78 is 8.32. The first-order valence-electron chi connectivity index (χ1n) is 10.6. The van der Waals surface area contributed by atoms with Gasteiger partial charge in [0, 0.05) is 11.3 Å². The zero-order valence-corrected chi connectivity index (χ0v) is 21.2. The Morgan fingerprint density at radius 2 is 1.82 bits per heavy atom. The molecule has 2 aromatic carbocycles. The minimum atomic E-state index is -0.219. The van der Waals surface area contributed by atoms with Crippen LogP contribution in [0.2, 0.25) is 0 Å². The second-order valence-corrected chi connectivity index (χ2v) is 11.3. The lowest BCUT2D eigenvalue weighted by Crippen LogP contribution is -2.10. The molecule has 0 bridgehead atoms. The van der Waals surface area contributed by atoms with Crippen LogP contribution in [-0.4, -0.2) is 24.7 Å². The summed E-state index contributed by atoms with van der Waals surface area (Å²) >= 11 is 8.08. The largest absolute Gasteiger partial charge is 0.338 e. The number of thioether (sulfide) groups is 1. The topological polar surface area (TPSA) is 89.6 Å². The number of hydrogen-bond donors (Lipinski definition) is 1. The van der Waals surface area contributed by atoms with E-state index in [1.807, 2.05) is 47.0 Å². The van der Waals surface area contributed by atoms with Gasteiger partial charge in [0.05, 0.1) is 5.75 Å². The molecule has 172 valence electrons. The van der Waals surface area contributed by atoms with Gasteiger partial charge >= 0.3 is 0 Å². The van der Waals surface area contributed by atoms with E-state index in [0.29, 0.717) is 36.9 Å². The highest BCUT2D eigenvalue weighted by Gasteiger charge is 2.16. The average molecular weight is 508 g/mol. The molecule has 0 aliphatic carbocycles. The maximum absolute atomic E-state index is 12.7. The molecule has 0 aliphatic heterocycles. The van der Waals surface area contributed by atoms with Crippen LogP contribution < -0.4 is 5.56 Å². The molecule has 7 nitrogen and oxygen atoms in total. The molecule has 34 heavy (non-hydrogen) atoms. The standard InChI is InChI=1S/C24H21N5O2S3/c1-24(2,3)15-11-9-14(10-12-15)19-25-17(31-28-19)13-33-22-26-20-18(21(30)27-22)34-23(32)29(20)16-7-5-4-6-8-16/h4-12H,13H2,1-3H3,(H,26,27,30). The summed E-state index contributed by atoms with van der Waals surface area (Å²) in [6.45, 7) is 6.52. The monoisotopic (exact) mass is 507 g/mol. The number of H-pyrrole nitrogens is 1. The number of rotatable bonds is 5. The number of fused-ring (bicyclic) bond motifs is 1. The lowest BCUT2D eigenvalue weighted by molar-refractivity contribution is 0.391. The van der Waals surface area contributed by atoms with Gasteiger partial charge in [-0.25, -0.2) is 4.98 Å². The number of aromatic amines is 1. The molecule has 1 N–H and O–H groups in total. The summed E-state index contributed by atoms with van der Waals surface area (Å²) in [5, 5.41) is 4.57. The molecule has 0 spiro atoms. The SMILES string of the molecule is CC(C)(C)c1ccc(-c2noc(CSc3nc4c(sc(=S)n4-c4ccccc4)c(=O)[nH]3)n2)cc1. The van der Waals surface area contributed by atoms with Crippen molar-refractivity contribution < 1.29 is 4.52 Å². The van der Waals surface area contributed by atoms with Gasteiger partial charge in [-0.3, -0.25) is 9.36 Å². The Hall–Kier alpha value is -3.08. The van der Waals surface area contributed by atoms with Crippen LogP contribution >= 0.6 is 35.3 Å². The van der Waals surface area contributed by atoms with Gasteiger partial charge in [0.25, 0.3) is 5.56 Å². The van der Waals surface area contributed by atoms with Crippen LogP contribution in [0.5, 0.6) is 0 Å². The van der Waals surface area contributed by atoms with Gasteiger partial charge in [-0.15, -0.1) is 0 Å². The normalized spacial score (nSPS) is 11.9. The van der Waals surface area contributed by atoms with E-state index in [-0.39, 0.29) is 11.0 Å². The molecule has 0 radical (unpaired) electrons. The van der Waals surface area contributed by atoms with Crippen LogP contribution in [0.15, 0.2) is 69.1 Å². The van der Waals surface area contributed by atoms with Crippen molar-refractivity contribution in [2.75, 3.05) is 0 Å². The molecule has 5 aromatic rings.